The molecule has 2 bridgehead atoms. The second-order valence-corrected chi connectivity index (χ2v) is 8.79. The highest BCUT2D eigenvalue weighted by Gasteiger charge is 2.53. The lowest BCUT2D eigenvalue weighted by atomic mass is 9.81. The second-order valence-electron chi connectivity index (χ2n) is 8.79. The first-order valence-electron chi connectivity index (χ1n) is 10.2. The number of hydrogen-bond donors (Lipinski definition) is 2. The lowest BCUT2D eigenvalue weighted by Crippen LogP contribution is -2.66. The lowest BCUT2D eigenvalue weighted by Gasteiger charge is -2.47. The maximum Gasteiger partial charge on any atom is 0.151 e. The van der Waals surface area contributed by atoms with Crippen molar-refractivity contribution in [1.82, 2.24) is 30.3 Å². The number of nitrogens with one attached hydrogen (secondary N) is 1. The van der Waals surface area contributed by atoms with Crippen molar-refractivity contribution in [2.75, 3.05) is 11.9 Å². The molecule has 2 N–H and O–H groups in total. The molecular formula is C22H24FN7O. The standard InChI is InChI=1S/C22H24FN7O/c1-21-8-9-22(2,28-21)20(23)17(11-21)29(3)19-7-6-16(26-27-19)15-5-4-14(10-18(15)31)30-12-24-25-13-30/h4-10,12-13,17,20,28,31H,11H2,1-3H3/t17-,20-,21-,22+/m0/s1. The van der Waals surface area contributed by atoms with E-state index in [1.165, 1.54) is 0 Å². The summed E-state index contributed by atoms with van der Waals surface area (Å²) in [6.07, 6.45) is 6.66. The van der Waals surface area contributed by atoms with Gasteiger partial charge < -0.3 is 10.0 Å². The third-order valence-electron chi connectivity index (χ3n) is 6.38. The molecule has 3 aromatic rings. The van der Waals surface area contributed by atoms with Gasteiger partial charge in [0.2, 0.25) is 0 Å². The molecule has 0 spiro atoms. The second kappa shape index (κ2) is 6.84. The number of phenolic OH excluding ortho intramolecular Hbond substituents is 1. The highest BCUT2D eigenvalue weighted by atomic mass is 19.1. The molecule has 8 nitrogen and oxygen atoms in total. The van der Waals surface area contributed by atoms with Gasteiger partial charge in [-0.2, -0.15) is 0 Å². The maximum atomic E-state index is 15.3. The van der Waals surface area contributed by atoms with E-state index < -0.39 is 11.7 Å². The van der Waals surface area contributed by atoms with Crippen LogP contribution in [0.3, 0.4) is 0 Å². The molecule has 0 amide bonds. The number of nitrogens with zero attached hydrogens (tertiary/aromatic N) is 6. The molecule has 1 fully saturated rings. The average Bonchev–Trinajstić information content (AvgIpc) is 3.38. The molecule has 4 heterocycles. The third-order valence-corrected chi connectivity index (χ3v) is 6.38. The summed E-state index contributed by atoms with van der Waals surface area (Å²) >= 11 is 0. The zero-order valence-electron chi connectivity index (χ0n) is 17.6. The maximum absolute atomic E-state index is 15.3. The van der Waals surface area contributed by atoms with Crippen LogP contribution in [0.15, 0.2) is 55.1 Å². The molecule has 1 saturated heterocycles. The molecule has 0 saturated carbocycles. The molecule has 2 aromatic heterocycles. The molecule has 9 heteroatoms. The van der Waals surface area contributed by atoms with Crippen LogP contribution in [0.5, 0.6) is 5.75 Å². The van der Waals surface area contributed by atoms with E-state index >= 15 is 4.39 Å². The number of aromatic hydroxyl groups is 1. The first-order valence-corrected chi connectivity index (χ1v) is 10.2. The summed E-state index contributed by atoms with van der Waals surface area (Å²) in [5.41, 5.74) is 0.916. The zero-order valence-corrected chi connectivity index (χ0v) is 17.6. The van der Waals surface area contributed by atoms with Gasteiger partial charge in [-0.05, 0) is 44.5 Å². The Morgan fingerprint density at radius 2 is 1.90 bits per heavy atom. The van der Waals surface area contributed by atoms with E-state index in [2.05, 4.69) is 38.7 Å². The van der Waals surface area contributed by atoms with E-state index in [0.717, 1.165) is 5.69 Å². The first kappa shape index (κ1) is 19.6. The normalized spacial score (nSPS) is 29.3. The Morgan fingerprint density at radius 1 is 1.13 bits per heavy atom. The minimum Gasteiger partial charge on any atom is -0.507 e. The van der Waals surface area contributed by atoms with E-state index in [4.69, 9.17) is 0 Å². The number of alkyl halides is 1. The summed E-state index contributed by atoms with van der Waals surface area (Å²) in [7, 11) is 1.85. The number of fused-ring (bicyclic) bond motifs is 2. The van der Waals surface area contributed by atoms with Crippen LogP contribution >= 0.6 is 0 Å². The highest BCUT2D eigenvalue weighted by molar-refractivity contribution is 5.69. The molecule has 4 atom stereocenters. The average molecular weight is 421 g/mol. The third kappa shape index (κ3) is 3.25. The largest absolute Gasteiger partial charge is 0.507 e. The number of aromatic nitrogens is 5. The van der Waals surface area contributed by atoms with Crippen LogP contribution in [0.2, 0.25) is 0 Å². The zero-order chi connectivity index (χ0) is 21.8. The predicted molar refractivity (Wildman–Crippen MR) is 115 cm³/mol. The molecule has 1 aromatic carbocycles. The van der Waals surface area contributed by atoms with E-state index in [1.807, 2.05) is 37.1 Å². The lowest BCUT2D eigenvalue weighted by molar-refractivity contribution is 0.100. The molecule has 0 radical (unpaired) electrons. The Labute approximate surface area is 179 Å². The number of piperidine rings is 1. The number of rotatable bonds is 4. The van der Waals surface area contributed by atoms with Crippen LogP contribution in [0, 0.1) is 0 Å². The molecule has 2 aliphatic heterocycles. The minimum absolute atomic E-state index is 0.0762. The van der Waals surface area contributed by atoms with Gasteiger partial charge in [0, 0.05) is 24.2 Å². The van der Waals surface area contributed by atoms with Crippen molar-refractivity contribution in [3.8, 4) is 22.7 Å². The topological polar surface area (TPSA) is 92.0 Å². The van der Waals surface area contributed by atoms with E-state index in [9.17, 15) is 5.11 Å². The van der Waals surface area contributed by atoms with Crippen LogP contribution < -0.4 is 10.2 Å². The van der Waals surface area contributed by atoms with Gasteiger partial charge in [0.1, 0.15) is 24.6 Å². The van der Waals surface area contributed by atoms with Gasteiger partial charge >= 0.3 is 0 Å². The summed E-state index contributed by atoms with van der Waals surface area (Å²) in [5, 5.41) is 30.0. The SMILES string of the molecule is CN(c1ccc(-c2ccc(-n3cnnc3)cc2O)nn1)[C@H]1C[C@]2(C)C=C[C@@](C)(N2)[C@H]1F. The predicted octanol–water partition coefficient (Wildman–Crippen LogP) is 2.65. The molecular weight excluding hydrogens is 397 g/mol. The fourth-order valence-corrected chi connectivity index (χ4v) is 4.66. The van der Waals surface area contributed by atoms with Crippen molar-refractivity contribution < 1.29 is 9.50 Å². The van der Waals surface area contributed by atoms with E-state index in [1.54, 1.807) is 35.4 Å². The van der Waals surface area contributed by atoms with Crippen molar-refractivity contribution in [1.29, 1.82) is 0 Å². The van der Waals surface area contributed by atoms with Crippen LogP contribution in [0.25, 0.3) is 16.9 Å². The van der Waals surface area contributed by atoms with Crippen LogP contribution in [-0.2, 0) is 0 Å². The monoisotopic (exact) mass is 421 g/mol. The van der Waals surface area contributed by atoms with Crippen LogP contribution in [0.4, 0.5) is 10.2 Å². The molecule has 160 valence electrons. The summed E-state index contributed by atoms with van der Waals surface area (Å²) in [5.74, 6) is 0.665. The van der Waals surface area contributed by atoms with Gasteiger partial charge in [0.15, 0.2) is 5.82 Å². The molecule has 2 aliphatic rings. The number of hydrogen-bond acceptors (Lipinski definition) is 7. The van der Waals surface area contributed by atoms with Gasteiger partial charge in [-0.1, -0.05) is 12.2 Å². The summed E-state index contributed by atoms with van der Waals surface area (Å²) in [6.45, 7) is 3.98. The Balaban J connectivity index is 1.38. The minimum atomic E-state index is -1.08. The number of halogens is 1. The van der Waals surface area contributed by atoms with Crippen LogP contribution in [-0.4, -0.2) is 60.4 Å². The molecule has 31 heavy (non-hydrogen) atoms. The molecule has 5 rings (SSSR count). The van der Waals surface area contributed by atoms with Gasteiger partial charge in [-0.3, -0.25) is 9.88 Å². The van der Waals surface area contributed by atoms with E-state index in [0.29, 0.717) is 23.5 Å². The Kier molecular flexibility index (Phi) is 4.33. The Morgan fingerprint density at radius 3 is 2.58 bits per heavy atom. The van der Waals surface area contributed by atoms with Crippen molar-refractivity contribution >= 4 is 5.82 Å². The highest BCUT2D eigenvalue weighted by Crippen LogP contribution is 2.41. The number of benzene rings is 1. The van der Waals surface area contributed by atoms with Crippen molar-refractivity contribution in [3.63, 3.8) is 0 Å². The van der Waals surface area contributed by atoms with Crippen molar-refractivity contribution in [2.24, 2.45) is 0 Å². The molecule has 0 unspecified atom stereocenters. The first-order chi connectivity index (χ1) is 14.8. The van der Waals surface area contributed by atoms with Crippen molar-refractivity contribution in [2.45, 2.75) is 43.6 Å². The molecule has 0 aliphatic carbocycles. The van der Waals surface area contributed by atoms with Crippen molar-refractivity contribution in [3.05, 3.63) is 55.1 Å². The fourth-order valence-electron chi connectivity index (χ4n) is 4.66. The van der Waals surface area contributed by atoms with Gasteiger partial charge in [-0.25, -0.2) is 4.39 Å². The summed E-state index contributed by atoms with van der Waals surface area (Å²) < 4.78 is 17.0. The van der Waals surface area contributed by atoms with Gasteiger partial charge in [0.05, 0.1) is 23.0 Å². The van der Waals surface area contributed by atoms with Gasteiger partial charge in [0.25, 0.3) is 0 Å². The van der Waals surface area contributed by atoms with Crippen LogP contribution in [0.1, 0.15) is 20.3 Å². The Hall–Kier alpha value is -3.33. The smallest absolute Gasteiger partial charge is 0.151 e. The fraction of sp³-hybridized carbons (Fsp3) is 0.364. The number of anilines is 1. The quantitative estimate of drug-likeness (QED) is 0.626. The summed E-state index contributed by atoms with van der Waals surface area (Å²) in [6, 6.07) is 8.50. The summed E-state index contributed by atoms with van der Waals surface area (Å²) in [4.78, 5) is 1.86. The van der Waals surface area contributed by atoms with E-state index in [-0.39, 0.29) is 17.3 Å². The van der Waals surface area contributed by atoms with Gasteiger partial charge in [-0.15, -0.1) is 20.4 Å². The number of phenols is 1. The Bertz CT molecular complexity index is 1130.